The van der Waals surface area contributed by atoms with Gasteiger partial charge in [-0.2, -0.15) is 0 Å². The Kier molecular flexibility index (Phi) is 5.12. The molecule has 0 unspecified atom stereocenters. The molecule has 0 amide bonds. The number of hydrogen-bond acceptors (Lipinski definition) is 4. The van der Waals surface area contributed by atoms with E-state index in [9.17, 15) is 4.79 Å². The molecule has 0 aliphatic rings. The fraction of sp³-hybridized carbons (Fsp3) is 0.176. The SMILES string of the molecule is COc1ccc(C(=O)c2ccccc2)c(OC(=S)N(C)C)c1. The van der Waals surface area contributed by atoms with E-state index in [4.69, 9.17) is 21.7 Å². The van der Waals surface area contributed by atoms with Gasteiger partial charge >= 0.3 is 0 Å². The van der Waals surface area contributed by atoms with Gasteiger partial charge in [0.25, 0.3) is 5.17 Å². The highest BCUT2D eigenvalue weighted by Gasteiger charge is 2.17. The average Bonchev–Trinajstić information content (AvgIpc) is 2.54. The molecular formula is C17H17NO3S. The normalized spacial score (nSPS) is 9.95. The third kappa shape index (κ3) is 3.62. The number of nitrogens with zero attached hydrogens (tertiary/aromatic N) is 1. The Morgan fingerprint density at radius 1 is 1.09 bits per heavy atom. The van der Waals surface area contributed by atoms with Gasteiger partial charge < -0.3 is 14.4 Å². The first-order valence-corrected chi connectivity index (χ1v) is 7.10. The standard InChI is InChI=1S/C17H17NO3S/c1-18(2)17(22)21-15-11-13(20-3)9-10-14(15)16(19)12-7-5-4-6-8-12/h4-11H,1-3H3. The fourth-order valence-corrected chi connectivity index (χ4v) is 1.92. The summed E-state index contributed by atoms with van der Waals surface area (Å²) in [6, 6.07) is 14.1. The van der Waals surface area contributed by atoms with Crippen LogP contribution in [0, 0.1) is 0 Å². The van der Waals surface area contributed by atoms with Crippen LogP contribution in [0.25, 0.3) is 0 Å². The summed E-state index contributed by atoms with van der Waals surface area (Å²) < 4.78 is 10.8. The fourth-order valence-electron chi connectivity index (χ4n) is 1.83. The van der Waals surface area contributed by atoms with Crippen molar-refractivity contribution < 1.29 is 14.3 Å². The molecule has 0 N–H and O–H groups in total. The molecule has 0 aliphatic carbocycles. The molecule has 0 aliphatic heterocycles. The third-order valence-electron chi connectivity index (χ3n) is 3.03. The monoisotopic (exact) mass is 315 g/mol. The van der Waals surface area contributed by atoms with Crippen LogP contribution in [0.15, 0.2) is 48.5 Å². The van der Waals surface area contributed by atoms with Crippen molar-refractivity contribution in [1.82, 2.24) is 4.90 Å². The van der Waals surface area contributed by atoms with Crippen LogP contribution in [0.2, 0.25) is 0 Å². The summed E-state index contributed by atoms with van der Waals surface area (Å²) in [5.74, 6) is 0.855. The van der Waals surface area contributed by atoms with E-state index in [0.29, 0.717) is 22.6 Å². The van der Waals surface area contributed by atoms with E-state index in [1.54, 1.807) is 56.4 Å². The molecule has 0 spiro atoms. The van der Waals surface area contributed by atoms with Crippen LogP contribution in [-0.4, -0.2) is 37.1 Å². The van der Waals surface area contributed by atoms with Crippen LogP contribution >= 0.6 is 12.2 Å². The molecule has 0 aromatic heterocycles. The van der Waals surface area contributed by atoms with Crippen molar-refractivity contribution in [2.24, 2.45) is 0 Å². The van der Waals surface area contributed by atoms with Crippen molar-refractivity contribution in [3.63, 3.8) is 0 Å². The summed E-state index contributed by atoms with van der Waals surface area (Å²) in [5, 5.41) is 0.273. The summed E-state index contributed by atoms with van der Waals surface area (Å²) >= 11 is 5.15. The third-order valence-corrected chi connectivity index (χ3v) is 3.48. The summed E-state index contributed by atoms with van der Waals surface area (Å²) in [5.41, 5.74) is 1.03. The van der Waals surface area contributed by atoms with E-state index in [2.05, 4.69) is 0 Å². The van der Waals surface area contributed by atoms with Gasteiger partial charge in [0.1, 0.15) is 11.5 Å². The molecule has 0 saturated heterocycles. The molecule has 2 rings (SSSR count). The summed E-state index contributed by atoms with van der Waals surface area (Å²) in [6.45, 7) is 0. The zero-order chi connectivity index (χ0) is 16.1. The predicted molar refractivity (Wildman–Crippen MR) is 89.8 cm³/mol. The summed E-state index contributed by atoms with van der Waals surface area (Å²) in [7, 11) is 5.12. The Hall–Kier alpha value is -2.40. The molecule has 22 heavy (non-hydrogen) atoms. The van der Waals surface area contributed by atoms with Crippen LogP contribution < -0.4 is 9.47 Å². The van der Waals surface area contributed by atoms with Gasteiger partial charge in [0.2, 0.25) is 0 Å². The second-order valence-electron chi connectivity index (χ2n) is 4.82. The maximum Gasteiger partial charge on any atom is 0.264 e. The maximum absolute atomic E-state index is 12.6. The lowest BCUT2D eigenvalue weighted by Crippen LogP contribution is -2.25. The number of carbonyl (C=O) groups is 1. The minimum absolute atomic E-state index is 0.125. The quantitative estimate of drug-likeness (QED) is 0.640. The van der Waals surface area contributed by atoms with Crippen LogP contribution in [0.3, 0.4) is 0 Å². The Morgan fingerprint density at radius 2 is 1.77 bits per heavy atom. The number of ether oxygens (including phenoxy) is 2. The molecule has 5 heteroatoms. The van der Waals surface area contributed by atoms with Gasteiger partial charge in [-0.1, -0.05) is 30.3 Å². The highest BCUT2D eigenvalue weighted by molar-refractivity contribution is 7.80. The number of thiocarbonyl (C=S) groups is 1. The van der Waals surface area contributed by atoms with Crippen molar-refractivity contribution in [3.05, 3.63) is 59.7 Å². The first-order chi connectivity index (χ1) is 10.5. The number of hydrogen-bond donors (Lipinski definition) is 0. The molecule has 0 bridgehead atoms. The van der Waals surface area contributed by atoms with Crippen molar-refractivity contribution in [3.8, 4) is 11.5 Å². The number of methoxy groups -OCH3 is 1. The van der Waals surface area contributed by atoms with Crippen LogP contribution in [-0.2, 0) is 0 Å². The van der Waals surface area contributed by atoms with E-state index >= 15 is 0 Å². The summed E-state index contributed by atoms with van der Waals surface area (Å²) in [4.78, 5) is 14.3. The summed E-state index contributed by atoms with van der Waals surface area (Å²) in [6.07, 6.45) is 0. The Balaban J connectivity index is 2.42. The molecule has 114 valence electrons. The second kappa shape index (κ2) is 7.04. The molecule has 0 saturated carbocycles. The highest BCUT2D eigenvalue weighted by atomic mass is 32.1. The van der Waals surface area contributed by atoms with E-state index in [1.165, 1.54) is 0 Å². The molecule has 2 aromatic rings. The lowest BCUT2D eigenvalue weighted by atomic mass is 10.0. The minimum Gasteiger partial charge on any atom is -0.497 e. The maximum atomic E-state index is 12.6. The van der Waals surface area contributed by atoms with Crippen LogP contribution in [0.1, 0.15) is 15.9 Å². The van der Waals surface area contributed by atoms with Gasteiger partial charge in [-0.05, 0) is 24.4 Å². The Morgan fingerprint density at radius 3 is 2.36 bits per heavy atom. The topological polar surface area (TPSA) is 38.8 Å². The minimum atomic E-state index is -0.125. The number of rotatable bonds is 4. The first-order valence-electron chi connectivity index (χ1n) is 6.70. The van der Waals surface area contributed by atoms with Crippen LogP contribution in [0.5, 0.6) is 11.5 Å². The Bertz CT molecular complexity index is 684. The molecular weight excluding hydrogens is 298 g/mol. The number of benzene rings is 2. The van der Waals surface area contributed by atoms with Gasteiger partial charge in [-0.15, -0.1) is 0 Å². The van der Waals surface area contributed by atoms with Crippen molar-refractivity contribution in [1.29, 1.82) is 0 Å². The molecule has 0 atom stereocenters. The second-order valence-corrected chi connectivity index (χ2v) is 5.17. The largest absolute Gasteiger partial charge is 0.497 e. The average molecular weight is 315 g/mol. The molecule has 0 heterocycles. The van der Waals surface area contributed by atoms with Crippen molar-refractivity contribution in [2.75, 3.05) is 21.2 Å². The van der Waals surface area contributed by atoms with Crippen LogP contribution in [0.4, 0.5) is 0 Å². The lowest BCUT2D eigenvalue weighted by Gasteiger charge is -2.17. The van der Waals surface area contributed by atoms with E-state index in [0.717, 1.165) is 0 Å². The van der Waals surface area contributed by atoms with Crippen molar-refractivity contribution in [2.45, 2.75) is 0 Å². The van der Waals surface area contributed by atoms with E-state index in [-0.39, 0.29) is 11.0 Å². The van der Waals surface area contributed by atoms with Crippen molar-refractivity contribution >= 4 is 23.2 Å². The lowest BCUT2D eigenvalue weighted by molar-refractivity contribution is 0.103. The Labute approximate surface area is 135 Å². The molecule has 2 aromatic carbocycles. The zero-order valence-electron chi connectivity index (χ0n) is 12.7. The smallest absolute Gasteiger partial charge is 0.264 e. The zero-order valence-corrected chi connectivity index (χ0v) is 13.5. The number of carbonyl (C=O) groups excluding carboxylic acids is 1. The van der Waals surface area contributed by atoms with E-state index < -0.39 is 0 Å². The first kappa shape index (κ1) is 16.0. The molecule has 0 radical (unpaired) electrons. The van der Waals surface area contributed by atoms with Gasteiger partial charge in [0.15, 0.2) is 5.78 Å². The molecule has 4 nitrogen and oxygen atoms in total. The van der Waals surface area contributed by atoms with Gasteiger partial charge in [-0.3, -0.25) is 4.79 Å². The van der Waals surface area contributed by atoms with Gasteiger partial charge in [0.05, 0.1) is 12.7 Å². The predicted octanol–water partition coefficient (Wildman–Crippen LogP) is 3.15. The van der Waals surface area contributed by atoms with E-state index in [1.807, 2.05) is 18.2 Å². The number of ketones is 1. The highest BCUT2D eigenvalue weighted by Crippen LogP contribution is 2.27. The van der Waals surface area contributed by atoms with Gasteiger partial charge in [0, 0.05) is 25.7 Å². The van der Waals surface area contributed by atoms with Gasteiger partial charge in [-0.25, -0.2) is 0 Å². The molecule has 0 fully saturated rings.